The second-order valence-corrected chi connectivity index (χ2v) is 11.3. The van der Waals surface area contributed by atoms with Gasteiger partial charge in [-0.25, -0.2) is 14.4 Å². The zero-order valence-corrected chi connectivity index (χ0v) is 23.3. The molecule has 1 atom stereocenters. The van der Waals surface area contributed by atoms with Crippen molar-refractivity contribution >= 4 is 23.2 Å². The third-order valence-corrected chi connectivity index (χ3v) is 7.91. The van der Waals surface area contributed by atoms with E-state index in [2.05, 4.69) is 66.4 Å². The lowest BCUT2D eigenvalue weighted by atomic mass is 9.65. The first-order valence-corrected chi connectivity index (χ1v) is 13.7. The van der Waals surface area contributed by atoms with Crippen LogP contribution in [0.4, 0.5) is 21.7 Å². The monoisotopic (exact) mass is 542 g/mol. The molecule has 5 aromatic rings. The molecule has 1 amide bonds. The molecule has 0 aliphatic carbocycles. The minimum absolute atomic E-state index is 0.0250. The fourth-order valence-corrected chi connectivity index (χ4v) is 6.10. The fourth-order valence-electron chi connectivity index (χ4n) is 6.10. The van der Waals surface area contributed by atoms with E-state index < -0.39 is 5.54 Å². The van der Waals surface area contributed by atoms with Crippen LogP contribution in [0.25, 0.3) is 11.3 Å². The highest BCUT2D eigenvalue weighted by atomic mass is 19.1. The first-order valence-electron chi connectivity index (χ1n) is 13.7. The zero-order chi connectivity index (χ0) is 28.6. The van der Waals surface area contributed by atoms with Crippen LogP contribution < -0.4 is 10.2 Å². The molecule has 0 radical (unpaired) electrons. The van der Waals surface area contributed by atoms with E-state index in [1.165, 1.54) is 17.7 Å². The van der Waals surface area contributed by atoms with Crippen LogP contribution in [0, 0.1) is 5.82 Å². The van der Waals surface area contributed by atoms with Gasteiger partial charge in [0.15, 0.2) is 0 Å². The van der Waals surface area contributed by atoms with Crippen molar-refractivity contribution in [2.24, 2.45) is 0 Å². The maximum Gasteiger partial charge on any atom is 0.258 e. The predicted molar refractivity (Wildman–Crippen MR) is 162 cm³/mol. The number of amides is 1. The first-order chi connectivity index (χ1) is 19.7. The Balaban J connectivity index is 1.44. The van der Waals surface area contributed by atoms with Gasteiger partial charge >= 0.3 is 0 Å². The van der Waals surface area contributed by atoms with Crippen LogP contribution in [0.15, 0.2) is 115 Å². The third kappa shape index (κ3) is 4.97. The number of halogens is 1. The molecule has 1 unspecified atom stereocenters. The summed E-state index contributed by atoms with van der Waals surface area (Å²) in [5.74, 6) is 0.115. The summed E-state index contributed by atoms with van der Waals surface area (Å²) in [6.45, 7) is 6.53. The quantitative estimate of drug-likeness (QED) is 0.243. The molecule has 1 N–H and O–H groups in total. The van der Waals surface area contributed by atoms with Gasteiger partial charge in [-0.15, -0.1) is 0 Å². The number of benzene rings is 4. The molecule has 0 saturated heterocycles. The van der Waals surface area contributed by atoms with Gasteiger partial charge in [-0.05, 0) is 92.1 Å². The Hall–Kier alpha value is -4.84. The van der Waals surface area contributed by atoms with Crippen LogP contribution in [0.3, 0.4) is 0 Å². The van der Waals surface area contributed by atoms with Gasteiger partial charge in [-0.3, -0.25) is 4.79 Å². The second kappa shape index (κ2) is 10.3. The Kier molecular flexibility index (Phi) is 6.62. The van der Waals surface area contributed by atoms with E-state index in [1.54, 1.807) is 24.4 Å². The van der Waals surface area contributed by atoms with Gasteiger partial charge in [-0.1, -0.05) is 55.5 Å². The highest BCUT2D eigenvalue weighted by Crippen LogP contribution is 2.51. The van der Waals surface area contributed by atoms with Crippen molar-refractivity contribution in [3.63, 3.8) is 0 Å². The average Bonchev–Trinajstić information content (AvgIpc) is 2.98. The van der Waals surface area contributed by atoms with Crippen LogP contribution in [0.5, 0.6) is 0 Å². The minimum Gasteiger partial charge on any atom is -0.324 e. The number of carbonyl (C=O) groups is 1. The molecule has 1 aromatic heterocycles. The number of nitrogens with one attached hydrogen (secondary N) is 1. The van der Waals surface area contributed by atoms with Crippen LogP contribution in [-0.4, -0.2) is 21.4 Å². The van der Waals surface area contributed by atoms with E-state index in [1.807, 2.05) is 53.4 Å². The number of fused-ring (bicyclic) bond motifs is 1. The lowest BCUT2D eigenvalue weighted by molar-refractivity contribution is 0.0948. The number of carbonyl (C=O) groups excluding carboxylic acids is 1. The average molecular weight is 543 g/mol. The van der Waals surface area contributed by atoms with Crippen molar-refractivity contribution in [2.75, 3.05) is 10.2 Å². The highest BCUT2D eigenvalue weighted by Gasteiger charge is 2.48. The Labute approximate surface area is 239 Å². The summed E-state index contributed by atoms with van der Waals surface area (Å²) in [5.41, 5.74) is 5.27. The van der Waals surface area contributed by atoms with Crippen LogP contribution in [0.1, 0.15) is 48.7 Å². The van der Waals surface area contributed by atoms with Crippen molar-refractivity contribution < 1.29 is 9.18 Å². The molecule has 0 bridgehead atoms. The molecule has 0 spiro atoms. The maximum absolute atomic E-state index is 14.0. The molecule has 41 heavy (non-hydrogen) atoms. The molecule has 6 rings (SSSR count). The number of rotatable bonds is 5. The van der Waals surface area contributed by atoms with Gasteiger partial charge < -0.3 is 10.2 Å². The molecule has 1 aliphatic heterocycles. The van der Waals surface area contributed by atoms with E-state index in [-0.39, 0.29) is 17.1 Å². The molecule has 4 aromatic carbocycles. The van der Waals surface area contributed by atoms with Crippen molar-refractivity contribution in [1.82, 2.24) is 9.97 Å². The summed E-state index contributed by atoms with van der Waals surface area (Å²) < 4.78 is 13.4. The normalized spacial score (nSPS) is 17.5. The lowest BCUT2D eigenvalue weighted by Gasteiger charge is -2.51. The molecule has 204 valence electrons. The molecular weight excluding hydrogens is 511 g/mol. The molecule has 0 saturated carbocycles. The van der Waals surface area contributed by atoms with Crippen molar-refractivity contribution in [1.29, 1.82) is 0 Å². The molecule has 5 nitrogen and oxygen atoms in total. The summed E-state index contributed by atoms with van der Waals surface area (Å²) in [5, 5.41) is 3.36. The SMILES string of the molecule is CC1(c2ccccc2)CC(C)(C)N(C(=O)c2ccccc2)c2ccc(Nc3nccc(-c4ccc(F)cc4)n3)cc21. The van der Waals surface area contributed by atoms with Gasteiger partial charge in [0.1, 0.15) is 5.82 Å². The summed E-state index contributed by atoms with van der Waals surface area (Å²) >= 11 is 0. The summed E-state index contributed by atoms with van der Waals surface area (Å²) in [4.78, 5) is 25.0. The van der Waals surface area contributed by atoms with E-state index in [0.29, 0.717) is 17.2 Å². The summed E-state index contributed by atoms with van der Waals surface area (Å²) in [6, 6.07) is 34.0. The summed E-state index contributed by atoms with van der Waals surface area (Å²) in [7, 11) is 0. The largest absolute Gasteiger partial charge is 0.324 e. The first kappa shape index (κ1) is 26.4. The second-order valence-electron chi connectivity index (χ2n) is 11.3. The van der Waals surface area contributed by atoms with E-state index in [4.69, 9.17) is 0 Å². The molecule has 2 heterocycles. The highest BCUT2D eigenvalue weighted by molar-refractivity contribution is 6.08. The van der Waals surface area contributed by atoms with E-state index >= 15 is 0 Å². The van der Waals surface area contributed by atoms with Crippen molar-refractivity contribution in [3.05, 3.63) is 138 Å². The number of nitrogens with zero attached hydrogens (tertiary/aromatic N) is 3. The topological polar surface area (TPSA) is 58.1 Å². The van der Waals surface area contributed by atoms with Crippen molar-refractivity contribution in [2.45, 2.75) is 38.1 Å². The predicted octanol–water partition coefficient (Wildman–Crippen LogP) is 8.16. The molecular formula is C35H31FN4O. The van der Waals surface area contributed by atoms with E-state index in [9.17, 15) is 9.18 Å². The molecule has 6 heteroatoms. The molecule has 1 aliphatic rings. The van der Waals surface area contributed by atoms with Gasteiger partial charge in [0.25, 0.3) is 5.91 Å². The fraction of sp³-hybridized carbons (Fsp3) is 0.171. The molecule has 0 fully saturated rings. The lowest BCUT2D eigenvalue weighted by Crippen LogP contribution is -2.55. The number of hydrogen-bond acceptors (Lipinski definition) is 4. The van der Waals surface area contributed by atoms with Crippen LogP contribution in [-0.2, 0) is 5.41 Å². The van der Waals surface area contributed by atoms with Gasteiger partial charge in [-0.2, -0.15) is 0 Å². The number of anilines is 3. The maximum atomic E-state index is 14.0. The Bertz CT molecular complexity index is 1700. The van der Waals surface area contributed by atoms with Crippen LogP contribution in [0.2, 0.25) is 0 Å². The minimum atomic E-state index is -0.452. The zero-order valence-electron chi connectivity index (χ0n) is 23.3. The van der Waals surface area contributed by atoms with E-state index in [0.717, 1.165) is 28.9 Å². The number of aromatic nitrogens is 2. The van der Waals surface area contributed by atoms with Crippen LogP contribution >= 0.6 is 0 Å². The number of hydrogen-bond donors (Lipinski definition) is 1. The Morgan fingerprint density at radius 1 is 0.854 bits per heavy atom. The smallest absolute Gasteiger partial charge is 0.258 e. The van der Waals surface area contributed by atoms with Gasteiger partial charge in [0.05, 0.1) is 5.69 Å². The van der Waals surface area contributed by atoms with Gasteiger partial charge in [0.2, 0.25) is 5.95 Å². The van der Waals surface area contributed by atoms with Crippen molar-refractivity contribution in [3.8, 4) is 11.3 Å². The van der Waals surface area contributed by atoms with Gasteiger partial charge in [0, 0.05) is 39.7 Å². The Morgan fingerprint density at radius 2 is 1.54 bits per heavy atom. The standard InChI is InChI=1S/C35H31FN4O/c1-34(2)23-35(3,26-12-8-5-9-13-26)29-22-28(18-19-31(29)40(34)32(41)25-10-6-4-7-11-25)38-33-37-21-20-30(39-33)24-14-16-27(36)17-15-24/h4-22H,23H2,1-3H3,(H,37,38,39). The summed E-state index contributed by atoms with van der Waals surface area (Å²) in [6.07, 6.45) is 2.42. The third-order valence-electron chi connectivity index (χ3n) is 7.91. The Morgan fingerprint density at radius 3 is 2.24 bits per heavy atom.